The average molecular weight is 354 g/mol. The lowest BCUT2D eigenvalue weighted by molar-refractivity contribution is -0.341. The van der Waals surface area contributed by atoms with Crippen LogP contribution in [0, 0.1) is 11.8 Å². The van der Waals surface area contributed by atoms with Gasteiger partial charge in [-0.3, -0.25) is 4.79 Å². The van der Waals surface area contributed by atoms with Crippen molar-refractivity contribution in [1.82, 2.24) is 0 Å². The number of allylic oxidation sites excluding steroid dienone is 2. The number of aliphatic hydroxyl groups excluding tert-OH is 1. The highest BCUT2D eigenvalue weighted by atomic mass is 17.2. The van der Waals surface area contributed by atoms with E-state index in [1.807, 2.05) is 0 Å². The molecule has 5 atom stereocenters. The number of aliphatic carboxylic acids is 1. The number of carbonyl (C=O) groups is 1. The summed E-state index contributed by atoms with van der Waals surface area (Å²) >= 11 is 0. The minimum absolute atomic E-state index is 0.177. The normalized spacial score (nSPS) is 29.5. The standard InChI is InChI=1S/C20H34O5/c1-2-3-6-9-15(21)12-13-17-16(18-14-19(17)25-24-18)10-7-4-5-8-11-20(22)23/h4,7,15-19,21H,2-3,5-6,8-14H2,1H3,(H,22,23)/b7-4+. The molecule has 0 spiro atoms. The number of carboxylic acid groups (broad SMARTS) is 1. The lowest BCUT2D eigenvalue weighted by Gasteiger charge is -2.30. The van der Waals surface area contributed by atoms with Gasteiger partial charge >= 0.3 is 5.97 Å². The Morgan fingerprint density at radius 2 is 1.88 bits per heavy atom. The molecule has 2 aliphatic rings. The SMILES string of the molecule is CCCCCC(O)CCC1C2CC(OO2)C1C/C=C/CCCC(=O)O. The molecule has 0 aromatic rings. The summed E-state index contributed by atoms with van der Waals surface area (Å²) in [6.45, 7) is 2.18. The van der Waals surface area contributed by atoms with E-state index in [4.69, 9.17) is 14.9 Å². The van der Waals surface area contributed by atoms with Crippen molar-refractivity contribution >= 4 is 5.97 Å². The number of hydrogen-bond acceptors (Lipinski definition) is 4. The molecule has 0 aromatic heterocycles. The fourth-order valence-corrected chi connectivity index (χ4v) is 4.12. The number of aliphatic hydroxyl groups is 1. The van der Waals surface area contributed by atoms with Crippen LogP contribution in [0.15, 0.2) is 12.2 Å². The zero-order valence-electron chi connectivity index (χ0n) is 15.4. The van der Waals surface area contributed by atoms with Crippen LogP contribution in [0.5, 0.6) is 0 Å². The van der Waals surface area contributed by atoms with Crippen LogP contribution in [0.25, 0.3) is 0 Å². The van der Waals surface area contributed by atoms with Crippen LogP contribution in [-0.2, 0) is 14.6 Å². The van der Waals surface area contributed by atoms with E-state index >= 15 is 0 Å². The summed E-state index contributed by atoms with van der Waals surface area (Å²) in [5, 5.41) is 18.8. The Morgan fingerprint density at radius 1 is 1.12 bits per heavy atom. The van der Waals surface area contributed by atoms with Crippen LogP contribution < -0.4 is 0 Å². The Bertz CT molecular complexity index is 422. The summed E-state index contributed by atoms with van der Waals surface area (Å²) < 4.78 is 0. The molecule has 1 aliphatic heterocycles. The Kier molecular flexibility index (Phi) is 8.93. The van der Waals surface area contributed by atoms with Crippen LogP contribution in [0.4, 0.5) is 0 Å². The molecule has 0 amide bonds. The predicted molar refractivity (Wildman–Crippen MR) is 96.0 cm³/mol. The second kappa shape index (κ2) is 10.9. The largest absolute Gasteiger partial charge is 0.481 e. The number of unbranched alkanes of at least 4 members (excludes halogenated alkanes) is 3. The summed E-state index contributed by atoms with van der Waals surface area (Å²) in [4.78, 5) is 21.3. The molecule has 5 nitrogen and oxygen atoms in total. The fourth-order valence-electron chi connectivity index (χ4n) is 4.12. The topological polar surface area (TPSA) is 76.0 Å². The molecule has 2 rings (SSSR count). The molecule has 2 bridgehead atoms. The minimum atomic E-state index is -0.732. The third kappa shape index (κ3) is 6.72. The van der Waals surface area contributed by atoms with Crippen molar-refractivity contribution in [1.29, 1.82) is 0 Å². The number of carboxylic acids is 1. The predicted octanol–water partition coefficient (Wildman–Crippen LogP) is 4.24. The summed E-state index contributed by atoms with van der Waals surface area (Å²) in [5.41, 5.74) is 0. The highest BCUT2D eigenvalue weighted by Gasteiger charge is 2.49. The molecule has 2 fully saturated rings. The van der Waals surface area contributed by atoms with Crippen LogP contribution in [0.1, 0.15) is 77.6 Å². The van der Waals surface area contributed by atoms with Gasteiger partial charge in [0.2, 0.25) is 0 Å². The van der Waals surface area contributed by atoms with Gasteiger partial charge in [-0.05, 0) is 50.4 Å². The summed E-state index contributed by atoms with van der Waals surface area (Å²) in [5.74, 6) is 0.185. The Labute approximate surface area is 151 Å². The third-order valence-electron chi connectivity index (χ3n) is 5.58. The molecule has 1 aliphatic carbocycles. The van der Waals surface area contributed by atoms with Crippen molar-refractivity contribution < 1.29 is 24.8 Å². The first-order valence-electron chi connectivity index (χ1n) is 9.98. The molecule has 5 unspecified atom stereocenters. The molecule has 25 heavy (non-hydrogen) atoms. The maximum Gasteiger partial charge on any atom is 0.303 e. The van der Waals surface area contributed by atoms with Crippen molar-refractivity contribution in [2.45, 2.75) is 95.9 Å². The molecule has 1 heterocycles. The zero-order valence-corrected chi connectivity index (χ0v) is 15.4. The van der Waals surface area contributed by atoms with Gasteiger partial charge in [0.15, 0.2) is 0 Å². The summed E-state index contributed by atoms with van der Waals surface area (Å²) in [6.07, 6.45) is 14.3. The molecular weight excluding hydrogens is 320 g/mol. The first-order chi connectivity index (χ1) is 12.1. The van der Waals surface area contributed by atoms with Gasteiger partial charge in [-0.1, -0.05) is 38.3 Å². The maximum atomic E-state index is 10.5. The molecule has 2 N–H and O–H groups in total. The van der Waals surface area contributed by atoms with Crippen LogP contribution in [-0.4, -0.2) is 34.5 Å². The molecule has 144 valence electrons. The van der Waals surface area contributed by atoms with Gasteiger partial charge in [0, 0.05) is 12.8 Å². The van der Waals surface area contributed by atoms with E-state index in [0.717, 1.165) is 44.9 Å². The molecule has 0 aromatic carbocycles. The third-order valence-corrected chi connectivity index (χ3v) is 5.58. The molecule has 1 saturated carbocycles. The molecule has 0 radical (unpaired) electrons. The van der Waals surface area contributed by atoms with E-state index in [1.165, 1.54) is 12.8 Å². The van der Waals surface area contributed by atoms with E-state index in [0.29, 0.717) is 18.3 Å². The van der Waals surface area contributed by atoms with E-state index in [1.54, 1.807) is 0 Å². The molecule has 1 saturated heterocycles. The second-order valence-electron chi connectivity index (χ2n) is 7.55. The monoisotopic (exact) mass is 354 g/mol. The highest BCUT2D eigenvalue weighted by molar-refractivity contribution is 5.66. The summed E-state index contributed by atoms with van der Waals surface area (Å²) in [6, 6.07) is 0. The smallest absolute Gasteiger partial charge is 0.303 e. The number of hydrogen-bond donors (Lipinski definition) is 2. The first-order valence-corrected chi connectivity index (χ1v) is 9.98. The second-order valence-corrected chi connectivity index (χ2v) is 7.55. The summed E-state index contributed by atoms with van der Waals surface area (Å²) in [7, 11) is 0. The number of rotatable bonds is 13. The molecular formula is C20H34O5. The van der Waals surface area contributed by atoms with Crippen molar-refractivity contribution in [2.75, 3.05) is 0 Å². The lowest BCUT2D eigenvalue weighted by atomic mass is 9.85. The van der Waals surface area contributed by atoms with Crippen molar-refractivity contribution in [3.63, 3.8) is 0 Å². The van der Waals surface area contributed by atoms with E-state index < -0.39 is 5.97 Å². The number of fused-ring (bicyclic) bond motifs is 2. The minimum Gasteiger partial charge on any atom is -0.481 e. The lowest BCUT2D eigenvalue weighted by Crippen LogP contribution is -2.30. The van der Waals surface area contributed by atoms with Gasteiger partial charge in [-0.25, -0.2) is 9.78 Å². The zero-order chi connectivity index (χ0) is 18.1. The van der Waals surface area contributed by atoms with Gasteiger partial charge in [-0.15, -0.1) is 0 Å². The van der Waals surface area contributed by atoms with Crippen LogP contribution in [0.2, 0.25) is 0 Å². The van der Waals surface area contributed by atoms with Gasteiger partial charge in [0.1, 0.15) is 0 Å². The van der Waals surface area contributed by atoms with Gasteiger partial charge < -0.3 is 10.2 Å². The van der Waals surface area contributed by atoms with Gasteiger partial charge in [0.25, 0.3) is 0 Å². The van der Waals surface area contributed by atoms with Gasteiger partial charge in [0.05, 0.1) is 18.3 Å². The Balaban J connectivity index is 1.71. The van der Waals surface area contributed by atoms with E-state index in [-0.39, 0.29) is 24.7 Å². The van der Waals surface area contributed by atoms with Gasteiger partial charge in [-0.2, -0.15) is 0 Å². The fraction of sp³-hybridized carbons (Fsp3) is 0.850. The van der Waals surface area contributed by atoms with Crippen LogP contribution in [0.3, 0.4) is 0 Å². The first kappa shape index (κ1) is 20.4. The Morgan fingerprint density at radius 3 is 2.60 bits per heavy atom. The van der Waals surface area contributed by atoms with Crippen molar-refractivity contribution in [3.05, 3.63) is 12.2 Å². The van der Waals surface area contributed by atoms with Crippen molar-refractivity contribution in [3.8, 4) is 0 Å². The van der Waals surface area contributed by atoms with E-state index in [9.17, 15) is 9.90 Å². The average Bonchev–Trinajstić information content (AvgIpc) is 3.17. The van der Waals surface area contributed by atoms with Crippen molar-refractivity contribution in [2.24, 2.45) is 11.8 Å². The Hall–Kier alpha value is -0.910. The van der Waals surface area contributed by atoms with E-state index in [2.05, 4.69) is 19.1 Å². The van der Waals surface area contributed by atoms with Crippen LogP contribution >= 0.6 is 0 Å². The quantitative estimate of drug-likeness (QED) is 0.294. The highest BCUT2D eigenvalue weighted by Crippen LogP contribution is 2.46. The molecule has 5 heteroatoms. The maximum absolute atomic E-state index is 10.5.